The fraction of sp³-hybridized carbons (Fsp3) is 0.182. The zero-order valence-electron chi connectivity index (χ0n) is 9.19. The van der Waals surface area contributed by atoms with E-state index in [4.69, 9.17) is 5.84 Å². The zero-order chi connectivity index (χ0) is 12.4. The van der Waals surface area contributed by atoms with E-state index in [0.717, 1.165) is 0 Å². The van der Waals surface area contributed by atoms with Crippen LogP contribution >= 0.6 is 0 Å². The van der Waals surface area contributed by atoms with Gasteiger partial charge >= 0.3 is 0 Å². The van der Waals surface area contributed by atoms with Gasteiger partial charge in [-0.2, -0.15) is 0 Å². The number of halogens is 2. The number of nitrogens with zero attached hydrogens (tertiary/aromatic N) is 2. The van der Waals surface area contributed by atoms with Crippen LogP contribution in [-0.2, 0) is 7.05 Å². The van der Waals surface area contributed by atoms with Crippen LogP contribution in [0.4, 0.5) is 8.78 Å². The Bertz CT molecular complexity index is 504. The van der Waals surface area contributed by atoms with Gasteiger partial charge in [-0.15, -0.1) is 0 Å². The Balaban J connectivity index is 2.53. The molecule has 2 rings (SSSR count). The lowest BCUT2D eigenvalue weighted by Crippen LogP contribution is -2.31. The van der Waals surface area contributed by atoms with E-state index in [1.807, 2.05) is 0 Å². The third-order valence-electron chi connectivity index (χ3n) is 2.60. The van der Waals surface area contributed by atoms with Crippen LogP contribution in [0.5, 0.6) is 0 Å². The van der Waals surface area contributed by atoms with Crippen molar-refractivity contribution in [3.8, 4) is 0 Å². The lowest BCUT2D eigenvalue weighted by molar-refractivity contribution is 0.499. The minimum absolute atomic E-state index is 0.112. The van der Waals surface area contributed by atoms with Gasteiger partial charge in [-0.1, -0.05) is 6.07 Å². The number of imidazole rings is 1. The van der Waals surface area contributed by atoms with Crippen LogP contribution in [0, 0.1) is 11.6 Å². The molecule has 0 radical (unpaired) electrons. The molecule has 6 heteroatoms. The van der Waals surface area contributed by atoms with Crippen molar-refractivity contribution in [1.82, 2.24) is 15.0 Å². The molecule has 0 spiro atoms. The van der Waals surface area contributed by atoms with Crippen molar-refractivity contribution in [3.63, 3.8) is 0 Å². The summed E-state index contributed by atoms with van der Waals surface area (Å²) in [5.41, 5.74) is 2.87. The molecule has 0 aliphatic heterocycles. The van der Waals surface area contributed by atoms with Crippen LogP contribution in [0.2, 0.25) is 0 Å². The zero-order valence-corrected chi connectivity index (χ0v) is 9.19. The highest BCUT2D eigenvalue weighted by Crippen LogP contribution is 2.25. The Labute approximate surface area is 97.0 Å². The van der Waals surface area contributed by atoms with Gasteiger partial charge in [-0.3, -0.25) is 5.84 Å². The third kappa shape index (κ3) is 2.04. The van der Waals surface area contributed by atoms with Gasteiger partial charge in [0.05, 0.1) is 24.3 Å². The van der Waals surface area contributed by atoms with E-state index in [2.05, 4.69) is 10.4 Å². The number of rotatable bonds is 3. The van der Waals surface area contributed by atoms with Crippen molar-refractivity contribution in [2.45, 2.75) is 6.04 Å². The molecule has 1 aromatic carbocycles. The average molecular weight is 238 g/mol. The van der Waals surface area contributed by atoms with Gasteiger partial charge in [-0.25, -0.2) is 19.2 Å². The minimum atomic E-state index is -0.774. The lowest BCUT2D eigenvalue weighted by atomic mass is 10.0. The molecular weight excluding hydrogens is 226 g/mol. The molecule has 0 saturated heterocycles. The van der Waals surface area contributed by atoms with Crippen LogP contribution in [0.25, 0.3) is 0 Å². The normalized spacial score (nSPS) is 12.7. The predicted octanol–water partition coefficient (Wildman–Crippen LogP) is 1.25. The van der Waals surface area contributed by atoms with Gasteiger partial charge < -0.3 is 4.57 Å². The molecule has 0 fully saturated rings. The second-order valence-electron chi connectivity index (χ2n) is 3.66. The molecule has 0 aliphatic carbocycles. The number of aromatic nitrogens is 2. The standard InChI is InChI=1S/C11H12F2N4/c1-17-6-15-5-9(17)11(16-14)10-7(12)3-2-4-8(10)13/h2-6,11,16H,14H2,1H3. The number of aryl methyl sites for hydroxylation is 1. The second kappa shape index (κ2) is 4.60. The molecule has 4 nitrogen and oxygen atoms in total. The molecule has 1 aromatic heterocycles. The van der Waals surface area contributed by atoms with E-state index in [1.165, 1.54) is 24.4 Å². The highest BCUT2D eigenvalue weighted by Gasteiger charge is 2.22. The molecule has 0 bridgehead atoms. The average Bonchev–Trinajstić information content (AvgIpc) is 2.70. The Hall–Kier alpha value is -1.79. The van der Waals surface area contributed by atoms with E-state index in [9.17, 15) is 8.78 Å². The molecule has 0 saturated carbocycles. The summed E-state index contributed by atoms with van der Waals surface area (Å²) in [6.07, 6.45) is 3.05. The number of nitrogens with two attached hydrogens (primary N) is 1. The van der Waals surface area contributed by atoms with Crippen molar-refractivity contribution in [2.24, 2.45) is 12.9 Å². The maximum Gasteiger partial charge on any atom is 0.131 e. The minimum Gasteiger partial charge on any atom is -0.336 e. The van der Waals surface area contributed by atoms with Gasteiger partial charge in [-0.05, 0) is 12.1 Å². The first-order chi connectivity index (χ1) is 8.15. The predicted molar refractivity (Wildman–Crippen MR) is 58.7 cm³/mol. The Morgan fingerprint density at radius 2 is 2.00 bits per heavy atom. The molecule has 1 heterocycles. The highest BCUT2D eigenvalue weighted by molar-refractivity contribution is 5.29. The number of hydrazine groups is 1. The number of nitrogens with one attached hydrogen (secondary N) is 1. The molecular formula is C11H12F2N4. The van der Waals surface area contributed by atoms with Crippen LogP contribution in [-0.4, -0.2) is 9.55 Å². The number of hydrogen-bond acceptors (Lipinski definition) is 3. The monoisotopic (exact) mass is 238 g/mol. The lowest BCUT2D eigenvalue weighted by Gasteiger charge is -2.18. The summed E-state index contributed by atoms with van der Waals surface area (Å²) in [7, 11) is 1.73. The smallest absolute Gasteiger partial charge is 0.131 e. The Kier molecular flexibility index (Phi) is 3.16. The van der Waals surface area contributed by atoms with E-state index in [0.29, 0.717) is 5.69 Å². The van der Waals surface area contributed by atoms with Crippen molar-refractivity contribution in [2.75, 3.05) is 0 Å². The van der Waals surface area contributed by atoms with Crippen molar-refractivity contribution < 1.29 is 8.78 Å². The fourth-order valence-electron chi connectivity index (χ4n) is 1.75. The van der Waals surface area contributed by atoms with E-state index in [1.54, 1.807) is 17.9 Å². The summed E-state index contributed by atoms with van der Waals surface area (Å²) < 4.78 is 28.9. The quantitative estimate of drug-likeness (QED) is 0.625. The molecule has 2 aromatic rings. The second-order valence-corrected chi connectivity index (χ2v) is 3.66. The molecule has 0 amide bonds. The molecule has 0 aliphatic rings. The largest absolute Gasteiger partial charge is 0.336 e. The maximum absolute atomic E-state index is 13.6. The molecule has 3 N–H and O–H groups in total. The summed E-state index contributed by atoms with van der Waals surface area (Å²) in [5, 5.41) is 0. The Morgan fingerprint density at radius 1 is 1.35 bits per heavy atom. The van der Waals surface area contributed by atoms with Gasteiger partial charge in [0.1, 0.15) is 11.6 Å². The van der Waals surface area contributed by atoms with Crippen molar-refractivity contribution >= 4 is 0 Å². The van der Waals surface area contributed by atoms with Gasteiger partial charge in [0.25, 0.3) is 0 Å². The summed E-state index contributed by atoms with van der Waals surface area (Å²) in [6, 6.07) is 2.92. The van der Waals surface area contributed by atoms with Crippen LogP contribution in [0.15, 0.2) is 30.7 Å². The summed E-state index contributed by atoms with van der Waals surface area (Å²) in [5.74, 6) is 4.09. The SMILES string of the molecule is Cn1cncc1C(NN)c1c(F)cccc1F. The molecule has 90 valence electrons. The van der Waals surface area contributed by atoms with Gasteiger partial charge in [0.15, 0.2) is 0 Å². The third-order valence-corrected chi connectivity index (χ3v) is 2.60. The first kappa shape index (κ1) is 11.7. The summed E-state index contributed by atoms with van der Waals surface area (Å²) in [6.45, 7) is 0. The van der Waals surface area contributed by atoms with Crippen molar-refractivity contribution in [3.05, 3.63) is 53.6 Å². The van der Waals surface area contributed by atoms with E-state index < -0.39 is 17.7 Å². The van der Waals surface area contributed by atoms with E-state index >= 15 is 0 Å². The first-order valence-corrected chi connectivity index (χ1v) is 5.01. The van der Waals surface area contributed by atoms with E-state index in [-0.39, 0.29) is 5.56 Å². The Morgan fingerprint density at radius 3 is 2.47 bits per heavy atom. The molecule has 1 unspecified atom stereocenters. The van der Waals surface area contributed by atoms with Crippen LogP contribution in [0.1, 0.15) is 17.3 Å². The highest BCUT2D eigenvalue weighted by atomic mass is 19.1. The van der Waals surface area contributed by atoms with Crippen LogP contribution < -0.4 is 11.3 Å². The van der Waals surface area contributed by atoms with Gasteiger partial charge in [0.2, 0.25) is 0 Å². The summed E-state index contributed by atoms with van der Waals surface area (Å²) >= 11 is 0. The maximum atomic E-state index is 13.6. The number of hydrogen-bond donors (Lipinski definition) is 2. The molecule has 1 atom stereocenters. The summed E-state index contributed by atoms with van der Waals surface area (Å²) in [4.78, 5) is 3.90. The molecule has 17 heavy (non-hydrogen) atoms. The van der Waals surface area contributed by atoms with Crippen LogP contribution in [0.3, 0.4) is 0 Å². The van der Waals surface area contributed by atoms with Gasteiger partial charge in [0, 0.05) is 12.6 Å². The van der Waals surface area contributed by atoms with Crippen molar-refractivity contribution in [1.29, 1.82) is 0 Å². The topological polar surface area (TPSA) is 55.9 Å². The fourth-order valence-corrected chi connectivity index (χ4v) is 1.75. The first-order valence-electron chi connectivity index (χ1n) is 5.01. The number of benzene rings is 1.